The molecule has 0 aliphatic carbocycles. The highest BCUT2D eigenvalue weighted by molar-refractivity contribution is 5.97. The molecule has 20 heavy (non-hydrogen) atoms. The third-order valence-corrected chi connectivity index (χ3v) is 2.98. The Bertz CT molecular complexity index is 672. The van der Waals surface area contributed by atoms with Gasteiger partial charge in [0.1, 0.15) is 11.6 Å². The van der Waals surface area contributed by atoms with Crippen LogP contribution in [0.5, 0.6) is 0 Å². The Morgan fingerprint density at radius 1 is 1.50 bits per heavy atom. The molecule has 0 aliphatic heterocycles. The van der Waals surface area contributed by atoms with E-state index in [1.165, 1.54) is 18.3 Å². The Morgan fingerprint density at radius 3 is 2.85 bits per heavy atom. The Morgan fingerprint density at radius 2 is 2.25 bits per heavy atom. The summed E-state index contributed by atoms with van der Waals surface area (Å²) in [4.78, 5) is 25.5. The van der Waals surface area contributed by atoms with E-state index in [4.69, 9.17) is 5.11 Å². The van der Waals surface area contributed by atoms with Crippen LogP contribution in [0, 0.1) is 10.1 Å². The van der Waals surface area contributed by atoms with Crippen LogP contribution in [0.3, 0.4) is 0 Å². The van der Waals surface area contributed by atoms with E-state index in [1.807, 2.05) is 0 Å². The van der Waals surface area contributed by atoms with Crippen LogP contribution in [0.25, 0.3) is 10.9 Å². The van der Waals surface area contributed by atoms with E-state index < -0.39 is 16.9 Å². The molecule has 1 heterocycles. The van der Waals surface area contributed by atoms with Gasteiger partial charge in [-0.2, -0.15) is 0 Å². The average Bonchev–Trinajstić information content (AvgIpc) is 2.43. The lowest BCUT2D eigenvalue weighted by Gasteiger charge is -2.15. The highest BCUT2D eigenvalue weighted by Gasteiger charge is 2.19. The highest BCUT2D eigenvalue weighted by Crippen LogP contribution is 2.30. The maximum atomic E-state index is 11.1. The molecule has 2 aromatic rings. The zero-order valence-electron chi connectivity index (χ0n) is 10.7. The number of pyridine rings is 1. The highest BCUT2D eigenvalue weighted by atomic mass is 16.6. The van der Waals surface area contributed by atoms with E-state index in [1.54, 1.807) is 19.1 Å². The number of nitro groups is 1. The number of hydrogen-bond acceptors (Lipinski definition) is 5. The van der Waals surface area contributed by atoms with Gasteiger partial charge in [-0.05, 0) is 24.6 Å². The van der Waals surface area contributed by atoms with Crippen LogP contribution in [-0.2, 0) is 4.79 Å². The molecule has 0 saturated heterocycles. The van der Waals surface area contributed by atoms with E-state index in [0.717, 1.165) is 0 Å². The second-order valence-electron chi connectivity index (χ2n) is 4.23. The fraction of sp³-hybridized carbons (Fsp3) is 0.231. The van der Waals surface area contributed by atoms with Crippen molar-refractivity contribution in [3.8, 4) is 0 Å². The molecule has 0 amide bonds. The zero-order valence-corrected chi connectivity index (χ0v) is 10.7. The number of nitro benzene ring substituents is 1. The largest absolute Gasteiger partial charge is 0.480 e. The molecule has 0 bridgehead atoms. The maximum Gasteiger partial charge on any atom is 0.326 e. The number of hydrogen-bond donors (Lipinski definition) is 2. The molecule has 0 fully saturated rings. The SMILES string of the molecule is CCC(Nc1ccc([N+](=O)[O-])c2ncccc12)C(=O)O. The summed E-state index contributed by atoms with van der Waals surface area (Å²) in [7, 11) is 0. The lowest BCUT2D eigenvalue weighted by molar-refractivity contribution is -0.383. The smallest absolute Gasteiger partial charge is 0.326 e. The molecule has 7 nitrogen and oxygen atoms in total. The number of aromatic nitrogens is 1. The second kappa shape index (κ2) is 5.52. The molecule has 0 saturated carbocycles. The van der Waals surface area contributed by atoms with Crippen molar-refractivity contribution in [2.45, 2.75) is 19.4 Å². The summed E-state index contributed by atoms with van der Waals surface area (Å²) in [6, 6.07) is 5.41. The molecule has 1 unspecified atom stereocenters. The molecule has 2 N–H and O–H groups in total. The van der Waals surface area contributed by atoms with Gasteiger partial charge in [-0.3, -0.25) is 10.1 Å². The monoisotopic (exact) mass is 275 g/mol. The van der Waals surface area contributed by atoms with Gasteiger partial charge in [-0.15, -0.1) is 0 Å². The van der Waals surface area contributed by atoms with Crippen LogP contribution in [0.4, 0.5) is 11.4 Å². The molecule has 1 atom stereocenters. The summed E-state index contributed by atoms with van der Waals surface area (Å²) in [5.41, 5.74) is 0.658. The minimum absolute atomic E-state index is 0.102. The maximum absolute atomic E-state index is 11.1. The molecule has 0 spiro atoms. The van der Waals surface area contributed by atoms with E-state index in [2.05, 4.69) is 10.3 Å². The van der Waals surface area contributed by atoms with Crippen molar-refractivity contribution in [2.24, 2.45) is 0 Å². The molecule has 104 valence electrons. The summed E-state index contributed by atoms with van der Waals surface area (Å²) < 4.78 is 0. The Balaban J connectivity index is 2.53. The average molecular weight is 275 g/mol. The fourth-order valence-electron chi connectivity index (χ4n) is 1.96. The minimum Gasteiger partial charge on any atom is -0.480 e. The fourth-order valence-corrected chi connectivity index (χ4v) is 1.96. The van der Waals surface area contributed by atoms with Gasteiger partial charge >= 0.3 is 5.97 Å². The van der Waals surface area contributed by atoms with Crippen molar-refractivity contribution in [3.63, 3.8) is 0 Å². The predicted molar refractivity (Wildman–Crippen MR) is 73.7 cm³/mol. The lowest BCUT2D eigenvalue weighted by atomic mass is 10.1. The number of nitrogens with zero attached hydrogens (tertiary/aromatic N) is 2. The van der Waals surface area contributed by atoms with Crippen LogP contribution >= 0.6 is 0 Å². The quantitative estimate of drug-likeness (QED) is 0.641. The van der Waals surface area contributed by atoms with Gasteiger partial charge in [0.15, 0.2) is 0 Å². The van der Waals surface area contributed by atoms with Gasteiger partial charge in [0.05, 0.1) is 4.92 Å². The summed E-state index contributed by atoms with van der Waals surface area (Å²) in [6.07, 6.45) is 1.86. The molecular formula is C13H13N3O4. The van der Waals surface area contributed by atoms with Crippen LogP contribution in [-0.4, -0.2) is 27.0 Å². The number of carboxylic acid groups (broad SMARTS) is 1. The predicted octanol–water partition coefficient (Wildman–Crippen LogP) is 2.42. The van der Waals surface area contributed by atoms with E-state index in [9.17, 15) is 14.9 Å². The number of nitrogens with one attached hydrogen (secondary N) is 1. The zero-order chi connectivity index (χ0) is 14.7. The number of rotatable bonds is 5. The molecule has 1 aromatic heterocycles. The standard InChI is InChI=1S/C13H13N3O4/c1-2-9(13(17)18)15-10-5-6-11(16(19)20)12-8(10)4-3-7-14-12/h3-7,9,15H,2H2,1H3,(H,17,18). The van der Waals surface area contributed by atoms with Gasteiger partial charge in [-0.1, -0.05) is 6.92 Å². The summed E-state index contributed by atoms with van der Waals surface area (Å²) in [5, 5.41) is 23.4. The molecule has 7 heteroatoms. The topological polar surface area (TPSA) is 105 Å². The van der Waals surface area contributed by atoms with Gasteiger partial charge in [0.2, 0.25) is 0 Å². The first kappa shape index (κ1) is 13.7. The van der Waals surface area contributed by atoms with E-state index in [-0.39, 0.29) is 11.2 Å². The van der Waals surface area contributed by atoms with Crippen molar-refractivity contribution in [3.05, 3.63) is 40.6 Å². The molecular weight excluding hydrogens is 262 g/mol. The van der Waals surface area contributed by atoms with Gasteiger partial charge in [0.25, 0.3) is 5.69 Å². The number of non-ortho nitro benzene ring substituents is 1. The minimum atomic E-state index is -0.970. The first-order valence-electron chi connectivity index (χ1n) is 6.06. The van der Waals surface area contributed by atoms with Gasteiger partial charge in [0, 0.05) is 23.3 Å². The number of fused-ring (bicyclic) bond motifs is 1. The van der Waals surface area contributed by atoms with Crippen LogP contribution < -0.4 is 5.32 Å². The number of benzene rings is 1. The van der Waals surface area contributed by atoms with E-state index >= 15 is 0 Å². The summed E-state index contributed by atoms with van der Waals surface area (Å²) in [6.45, 7) is 1.75. The normalized spacial score (nSPS) is 12.1. The Labute approximate surface area is 114 Å². The lowest BCUT2D eigenvalue weighted by Crippen LogP contribution is -2.28. The van der Waals surface area contributed by atoms with Crippen LogP contribution in [0.2, 0.25) is 0 Å². The number of aliphatic carboxylic acids is 1. The van der Waals surface area contributed by atoms with Crippen LogP contribution in [0.15, 0.2) is 30.5 Å². The van der Waals surface area contributed by atoms with Crippen molar-refractivity contribution in [2.75, 3.05) is 5.32 Å². The Hall–Kier alpha value is -2.70. The number of anilines is 1. The summed E-state index contributed by atoms with van der Waals surface area (Å²) >= 11 is 0. The van der Waals surface area contributed by atoms with Crippen molar-refractivity contribution < 1.29 is 14.8 Å². The molecule has 1 aromatic carbocycles. The van der Waals surface area contributed by atoms with Crippen molar-refractivity contribution >= 4 is 28.2 Å². The van der Waals surface area contributed by atoms with Gasteiger partial charge < -0.3 is 10.4 Å². The second-order valence-corrected chi connectivity index (χ2v) is 4.23. The molecule has 2 rings (SSSR count). The third kappa shape index (κ3) is 2.51. The third-order valence-electron chi connectivity index (χ3n) is 2.98. The molecule has 0 aliphatic rings. The first-order valence-corrected chi connectivity index (χ1v) is 6.06. The van der Waals surface area contributed by atoms with Gasteiger partial charge in [-0.25, -0.2) is 9.78 Å². The summed E-state index contributed by atoms with van der Waals surface area (Å²) in [5.74, 6) is -0.970. The van der Waals surface area contributed by atoms with Crippen LogP contribution in [0.1, 0.15) is 13.3 Å². The van der Waals surface area contributed by atoms with Crippen molar-refractivity contribution in [1.82, 2.24) is 4.98 Å². The first-order chi connectivity index (χ1) is 9.54. The van der Waals surface area contributed by atoms with Crippen molar-refractivity contribution in [1.29, 1.82) is 0 Å². The number of carbonyl (C=O) groups is 1. The Kier molecular flexibility index (Phi) is 3.79. The molecule has 0 radical (unpaired) electrons. The van der Waals surface area contributed by atoms with E-state index in [0.29, 0.717) is 17.5 Å². The number of carboxylic acids is 1.